The lowest BCUT2D eigenvalue weighted by Gasteiger charge is -2.06. The zero-order valence-electron chi connectivity index (χ0n) is 9.71. The number of amides is 1. The Morgan fingerprint density at radius 2 is 2.12 bits per heavy atom. The van der Waals surface area contributed by atoms with E-state index in [4.69, 9.17) is 0 Å². The van der Waals surface area contributed by atoms with Crippen LogP contribution >= 0.6 is 0 Å². The van der Waals surface area contributed by atoms with Crippen molar-refractivity contribution in [1.29, 1.82) is 0 Å². The van der Waals surface area contributed by atoms with E-state index in [2.05, 4.69) is 10.6 Å². The number of hydrogen-bond donors (Lipinski definition) is 2. The lowest BCUT2D eigenvalue weighted by atomic mass is 10.2. The van der Waals surface area contributed by atoms with Crippen molar-refractivity contribution in [3.63, 3.8) is 0 Å². The average Bonchev–Trinajstić information content (AvgIpc) is 3.12. The Kier molecular flexibility index (Phi) is 4.09. The van der Waals surface area contributed by atoms with Gasteiger partial charge in [0.15, 0.2) is 0 Å². The third-order valence-corrected chi connectivity index (χ3v) is 2.80. The molecule has 0 heterocycles. The molecule has 0 saturated heterocycles. The molecule has 1 aromatic carbocycles. The Hall–Kier alpha value is -1.42. The fourth-order valence-electron chi connectivity index (χ4n) is 1.60. The van der Waals surface area contributed by atoms with Gasteiger partial charge in [0.25, 0.3) is 0 Å². The summed E-state index contributed by atoms with van der Waals surface area (Å²) < 4.78 is 13.2. The first-order valence-corrected chi connectivity index (χ1v) is 5.99. The van der Waals surface area contributed by atoms with Gasteiger partial charge in [-0.1, -0.05) is 18.2 Å². The summed E-state index contributed by atoms with van der Waals surface area (Å²) in [6.07, 6.45) is 2.89. The van der Waals surface area contributed by atoms with Crippen LogP contribution < -0.4 is 10.6 Å². The molecule has 1 fully saturated rings. The van der Waals surface area contributed by atoms with Crippen molar-refractivity contribution in [3.8, 4) is 0 Å². The lowest BCUT2D eigenvalue weighted by Crippen LogP contribution is -2.28. The average molecular weight is 236 g/mol. The Bertz CT molecular complexity index is 391. The number of carbonyl (C=O) groups excluding carboxylic acids is 1. The summed E-state index contributed by atoms with van der Waals surface area (Å²) in [5.41, 5.74) is 0.524. The van der Waals surface area contributed by atoms with Gasteiger partial charge in [-0.25, -0.2) is 4.39 Å². The quantitative estimate of drug-likeness (QED) is 0.787. The van der Waals surface area contributed by atoms with Crippen molar-refractivity contribution in [3.05, 3.63) is 35.6 Å². The summed E-state index contributed by atoms with van der Waals surface area (Å²) in [5.74, 6) is -0.315. The topological polar surface area (TPSA) is 41.1 Å². The van der Waals surface area contributed by atoms with Gasteiger partial charge in [0.1, 0.15) is 5.82 Å². The molecule has 4 heteroatoms. The van der Waals surface area contributed by atoms with Crippen LogP contribution in [0.1, 0.15) is 24.8 Å². The summed E-state index contributed by atoms with van der Waals surface area (Å²) in [5, 5.41) is 5.98. The maximum absolute atomic E-state index is 13.2. The number of halogens is 1. The molecule has 17 heavy (non-hydrogen) atoms. The predicted octanol–water partition coefficient (Wildman–Crippen LogP) is 1.58. The van der Waals surface area contributed by atoms with Crippen LogP contribution in [0.4, 0.5) is 4.39 Å². The van der Waals surface area contributed by atoms with E-state index in [1.165, 1.54) is 18.9 Å². The van der Waals surface area contributed by atoms with Gasteiger partial charge in [0.05, 0.1) is 0 Å². The van der Waals surface area contributed by atoms with Gasteiger partial charge in [0.2, 0.25) is 5.91 Å². The maximum atomic E-state index is 13.2. The van der Waals surface area contributed by atoms with Crippen molar-refractivity contribution in [2.45, 2.75) is 31.8 Å². The first-order valence-electron chi connectivity index (χ1n) is 5.99. The Morgan fingerprint density at radius 1 is 1.35 bits per heavy atom. The van der Waals surface area contributed by atoms with Crippen LogP contribution in [0, 0.1) is 5.82 Å². The van der Waals surface area contributed by atoms with Crippen LogP contribution in [0.15, 0.2) is 24.3 Å². The number of benzene rings is 1. The molecule has 3 nitrogen and oxygen atoms in total. The van der Waals surface area contributed by atoms with Crippen molar-refractivity contribution in [2.24, 2.45) is 0 Å². The molecule has 1 amide bonds. The first-order chi connectivity index (χ1) is 8.25. The highest BCUT2D eigenvalue weighted by Gasteiger charge is 2.19. The minimum atomic E-state index is -0.274. The maximum Gasteiger partial charge on any atom is 0.221 e. The number of hydrogen-bond acceptors (Lipinski definition) is 2. The molecule has 0 atom stereocenters. The van der Waals surface area contributed by atoms with Crippen LogP contribution in [-0.4, -0.2) is 18.5 Å². The van der Waals surface area contributed by atoms with Crippen molar-refractivity contribution in [1.82, 2.24) is 10.6 Å². The number of rotatable bonds is 6. The number of carbonyl (C=O) groups is 1. The van der Waals surface area contributed by atoms with Crippen molar-refractivity contribution >= 4 is 5.91 Å². The lowest BCUT2D eigenvalue weighted by molar-refractivity contribution is -0.121. The van der Waals surface area contributed by atoms with Crippen LogP contribution in [0.5, 0.6) is 0 Å². The van der Waals surface area contributed by atoms with E-state index < -0.39 is 0 Å². The van der Waals surface area contributed by atoms with Gasteiger partial charge < -0.3 is 10.6 Å². The zero-order valence-corrected chi connectivity index (χ0v) is 9.71. The molecule has 2 rings (SSSR count). The molecule has 2 N–H and O–H groups in total. The molecule has 1 saturated carbocycles. The second-order valence-corrected chi connectivity index (χ2v) is 4.35. The van der Waals surface area contributed by atoms with E-state index in [1.54, 1.807) is 18.2 Å². The van der Waals surface area contributed by atoms with Gasteiger partial charge >= 0.3 is 0 Å². The molecule has 0 spiro atoms. The van der Waals surface area contributed by atoms with Gasteiger partial charge in [-0.2, -0.15) is 0 Å². The minimum absolute atomic E-state index is 0.0404. The predicted molar refractivity (Wildman–Crippen MR) is 63.9 cm³/mol. The Morgan fingerprint density at radius 3 is 2.82 bits per heavy atom. The standard InChI is InChI=1S/C13H17FN2O/c14-12-4-2-1-3-10(12)9-16-13(17)7-8-15-11-5-6-11/h1-4,11,15H,5-9H2,(H,16,17). The van der Waals surface area contributed by atoms with Crippen molar-refractivity contribution < 1.29 is 9.18 Å². The molecule has 1 aliphatic rings. The van der Waals surface area contributed by atoms with E-state index in [0.29, 0.717) is 24.6 Å². The molecular formula is C13H17FN2O. The second kappa shape index (κ2) is 5.77. The summed E-state index contributed by atoms with van der Waals surface area (Å²) in [6, 6.07) is 7.10. The smallest absolute Gasteiger partial charge is 0.221 e. The van der Waals surface area contributed by atoms with Gasteiger partial charge in [0, 0.05) is 31.1 Å². The third kappa shape index (κ3) is 4.15. The van der Waals surface area contributed by atoms with E-state index in [1.807, 2.05) is 0 Å². The minimum Gasteiger partial charge on any atom is -0.352 e. The van der Waals surface area contributed by atoms with Crippen molar-refractivity contribution in [2.75, 3.05) is 6.54 Å². The molecule has 0 radical (unpaired) electrons. The third-order valence-electron chi connectivity index (χ3n) is 2.80. The van der Waals surface area contributed by atoms with E-state index in [-0.39, 0.29) is 18.3 Å². The first kappa shape index (κ1) is 12.0. The fourth-order valence-corrected chi connectivity index (χ4v) is 1.60. The number of nitrogens with one attached hydrogen (secondary N) is 2. The summed E-state index contributed by atoms with van der Waals surface area (Å²) in [7, 11) is 0. The largest absolute Gasteiger partial charge is 0.352 e. The molecule has 0 unspecified atom stereocenters. The molecule has 92 valence electrons. The van der Waals surface area contributed by atoms with Crippen LogP contribution in [0.2, 0.25) is 0 Å². The van der Waals surface area contributed by atoms with Crippen LogP contribution in [0.25, 0.3) is 0 Å². The molecule has 0 bridgehead atoms. The normalized spacial score (nSPS) is 14.6. The molecular weight excluding hydrogens is 219 g/mol. The highest BCUT2D eigenvalue weighted by Crippen LogP contribution is 2.18. The highest BCUT2D eigenvalue weighted by atomic mass is 19.1. The van der Waals surface area contributed by atoms with Crippen LogP contribution in [-0.2, 0) is 11.3 Å². The second-order valence-electron chi connectivity index (χ2n) is 4.35. The SMILES string of the molecule is O=C(CCNC1CC1)NCc1ccccc1F. The summed E-state index contributed by atoms with van der Waals surface area (Å²) >= 11 is 0. The molecule has 1 aromatic rings. The van der Waals surface area contributed by atoms with E-state index in [9.17, 15) is 9.18 Å². The zero-order chi connectivity index (χ0) is 12.1. The van der Waals surface area contributed by atoms with E-state index in [0.717, 1.165) is 0 Å². The van der Waals surface area contributed by atoms with Gasteiger partial charge in [-0.05, 0) is 18.9 Å². The highest BCUT2D eigenvalue weighted by molar-refractivity contribution is 5.76. The Labute approximate surface area is 100 Å². The molecule has 0 aliphatic heterocycles. The molecule has 1 aliphatic carbocycles. The summed E-state index contributed by atoms with van der Waals surface area (Å²) in [4.78, 5) is 11.5. The fraction of sp³-hybridized carbons (Fsp3) is 0.462. The summed E-state index contributed by atoms with van der Waals surface area (Å²) in [6.45, 7) is 0.961. The van der Waals surface area contributed by atoms with Gasteiger partial charge in [-0.15, -0.1) is 0 Å². The molecule has 0 aromatic heterocycles. The van der Waals surface area contributed by atoms with Gasteiger partial charge in [-0.3, -0.25) is 4.79 Å². The Balaban J connectivity index is 1.66. The van der Waals surface area contributed by atoms with Crippen LogP contribution in [0.3, 0.4) is 0 Å². The monoisotopic (exact) mass is 236 g/mol. The van der Waals surface area contributed by atoms with E-state index >= 15 is 0 Å².